The van der Waals surface area contributed by atoms with Crippen LogP contribution >= 0.6 is 11.3 Å². The van der Waals surface area contributed by atoms with E-state index in [1.165, 1.54) is 5.51 Å². The lowest BCUT2D eigenvalue weighted by atomic mass is 9.97. The molecular formula is C12H19N3O4S2. The maximum Gasteiger partial charge on any atom is 0.356 e. The Hall–Kier alpha value is -1.03. The van der Waals surface area contributed by atoms with Crippen molar-refractivity contribution in [1.29, 1.82) is 0 Å². The van der Waals surface area contributed by atoms with Crippen LogP contribution in [0.2, 0.25) is 0 Å². The third-order valence-corrected chi connectivity index (χ3v) is 6.49. The second kappa shape index (κ2) is 6.82. The zero-order valence-electron chi connectivity index (χ0n) is 11.8. The van der Waals surface area contributed by atoms with Gasteiger partial charge in [-0.1, -0.05) is 6.92 Å². The van der Waals surface area contributed by atoms with Crippen LogP contribution in [0.3, 0.4) is 0 Å². The number of aromatic nitrogens is 1. The molecule has 1 aliphatic heterocycles. The predicted octanol–water partition coefficient (Wildman–Crippen LogP) is 0.851. The highest BCUT2D eigenvalue weighted by atomic mass is 32.2. The van der Waals surface area contributed by atoms with Gasteiger partial charge in [-0.05, 0) is 38.4 Å². The molecule has 9 heteroatoms. The molecule has 2 rings (SSSR count). The van der Waals surface area contributed by atoms with Gasteiger partial charge in [-0.3, -0.25) is 0 Å². The number of likely N-dealkylation sites (tertiary alicyclic amines) is 1. The fraction of sp³-hybridized carbons (Fsp3) is 0.667. The Balaban J connectivity index is 1.96. The Morgan fingerprint density at radius 2 is 2.19 bits per heavy atom. The molecule has 1 saturated heterocycles. The molecule has 1 aliphatic rings. The first kappa shape index (κ1) is 16.3. The minimum atomic E-state index is -3.80. The van der Waals surface area contributed by atoms with E-state index in [0.29, 0.717) is 12.5 Å². The number of piperidine rings is 1. The molecule has 0 aromatic carbocycles. The summed E-state index contributed by atoms with van der Waals surface area (Å²) < 4.78 is 26.6. The van der Waals surface area contributed by atoms with Crippen molar-refractivity contribution in [3.8, 4) is 0 Å². The Labute approximate surface area is 128 Å². The van der Waals surface area contributed by atoms with E-state index in [9.17, 15) is 13.2 Å². The summed E-state index contributed by atoms with van der Waals surface area (Å²) in [6.07, 6.45) is 1.90. The summed E-state index contributed by atoms with van der Waals surface area (Å²) >= 11 is 0.825. The topological polar surface area (TPSA) is 99.6 Å². The number of hydrogen-bond acceptors (Lipinski definition) is 6. The van der Waals surface area contributed by atoms with Crippen molar-refractivity contribution in [3.63, 3.8) is 0 Å². The van der Waals surface area contributed by atoms with Crippen LogP contribution in [0.1, 0.15) is 30.3 Å². The van der Waals surface area contributed by atoms with E-state index in [1.807, 2.05) is 0 Å². The quantitative estimate of drug-likeness (QED) is 0.801. The van der Waals surface area contributed by atoms with E-state index in [0.717, 1.165) is 43.8 Å². The van der Waals surface area contributed by atoms with Gasteiger partial charge >= 0.3 is 5.97 Å². The van der Waals surface area contributed by atoms with Crippen LogP contribution in [0.25, 0.3) is 0 Å². The number of nitrogens with zero attached hydrogens (tertiary/aromatic N) is 2. The first-order chi connectivity index (χ1) is 9.94. The normalized spacial score (nSPS) is 18.0. The fourth-order valence-electron chi connectivity index (χ4n) is 2.37. The van der Waals surface area contributed by atoms with Crippen molar-refractivity contribution < 1.29 is 18.3 Å². The lowest BCUT2D eigenvalue weighted by Crippen LogP contribution is -2.38. The van der Waals surface area contributed by atoms with Crippen LogP contribution in [0.5, 0.6) is 0 Å². The number of rotatable bonds is 6. The number of carboxylic acids is 1. The Kier molecular flexibility index (Phi) is 5.31. The molecule has 0 spiro atoms. The molecule has 0 saturated carbocycles. The number of carbonyl (C=O) groups is 1. The molecule has 0 radical (unpaired) electrons. The molecule has 0 aliphatic carbocycles. The Morgan fingerprint density at radius 3 is 2.76 bits per heavy atom. The minimum Gasteiger partial charge on any atom is -0.476 e. The molecule has 21 heavy (non-hydrogen) atoms. The first-order valence-corrected chi connectivity index (χ1v) is 9.19. The highest BCUT2D eigenvalue weighted by molar-refractivity contribution is 7.91. The van der Waals surface area contributed by atoms with E-state index in [4.69, 9.17) is 5.11 Å². The average Bonchev–Trinajstić information content (AvgIpc) is 2.96. The smallest absolute Gasteiger partial charge is 0.356 e. The summed E-state index contributed by atoms with van der Waals surface area (Å²) in [7, 11) is -3.80. The van der Waals surface area contributed by atoms with E-state index in [2.05, 4.69) is 21.5 Å². The van der Waals surface area contributed by atoms with Gasteiger partial charge in [-0.25, -0.2) is 22.9 Å². The molecule has 7 nitrogen and oxygen atoms in total. The van der Waals surface area contributed by atoms with Crippen molar-refractivity contribution in [3.05, 3.63) is 11.2 Å². The third-order valence-electron chi connectivity index (χ3n) is 3.70. The van der Waals surface area contributed by atoms with Gasteiger partial charge in [0.25, 0.3) is 10.0 Å². The van der Waals surface area contributed by atoms with Gasteiger partial charge in [-0.2, -0.15) is 0 Å². The van der Waals surface area contributed by atoms with Gasteiger partial charge in [0, 0.05) is 6.54 Å². The monoisotopic (exact) mass is 333 g/mol. The van der Waals surface area contributed by atoms with Gasteiger partial charge in [-0.15, -0.1) is 11.3 Å². The summed E-state index contributed by atoms with van der Waals surface area (Å²) in [5, 5.41) is 8.94. The van der Waals surface area contributed by atoms with Crippen LogP contribution in [-0.4, -0.2) is 55.6 Å². The highest BCUT2D eigenvalue weighted by Gasteiger charge is 2.27. The number of sulfonamides is 1. The summed E-state index contributed by atoms with van der Waals surface area (Å²) in [6.45, 7) is 5.42. The minimum absolute atomic E-state index is 0.221. The molecule has 1 aromatic heterocycles. The lowest BCUT2D eigenvalue weighted by Gasteiger charge is -2.30. The van der Waals surface area contributed by atoms with Crippen LogP contribution in [0.4, 0.5) is 0 Å². The molecule has 1 aromatic rings. The van der Waals surface area contributed by atoms with Gasteiger partial charge in [0.05, 0.1) is 5.51 Å². The van der Waals surface area contributed by atoms with Crippen molar-refractivity contribution in [2.45, 2.75) is 24.0 Å². The Morgan fingerprint density at radius 1 is 1.52 bits per heavy atom. The molecule has 0 amide bonds. The number of carboxylic acid groups (broad SMARTS) is 1. The number of thiazole rings is 1. The second-order valence-electron chi connectivity index (χ2n) is 5.02. The van der Waals surface area contributed by atoms with E-state index in [1.54, 1.807) is 0 Å². The summed E-state index contributed by atoms with van der Waals surface area (Å²) in [5.41, 5.74) is 0.825. The predicted molar refractivity (Wildman–Crippen MR) is 79.1 cm³/mol. The summed E-state index contributed by atoms with van der Waals surface area (Å²) in [6, 6.07) is 0. The van der Waals surface area contributed by atoms with Gasteiger partial charge in [0.15, 0.2) is 9.90 Å². The van der Waals surface area contributed by atoms with Crippen LogP contribution in [0, 0.1) is 5.92 Å². The average molecular weight is 333 g/mol. The maximum absolute atomic E-state index is 12.2. The second-order valence-corrected chi connectivity index (χ2v) is 7.84. The third kappa shape index (κ3) is 4.00. The maximum atomic E-state index is 12.2. The SMILES string of the molecule is CCN1CCC(CNS(=O)(=O)c2scnc2C(=O)O)CC1. The van der Waals surface area contributed by atoms with Crippen LogP contribution in [0.15, 0.2) is 9.72 Å². The molecule has 2 N–H and O–H groups in total. The fourth-order valence-corrected chi connectivity index (χ4v) is 4.67. The van der Waals surface area contributed by atoms with E-state index < -0.39 is 21.7 Å². The largest absolute Gasteiger partial charge is 0.476 e. The van der Waals surface area contributed by atoms with Crippen LogP contribution in [-0.2, 0) is 10.0 Å². The lowest BCUT2D eigenvalue weighted by molar-refractivity contribution is 0.0687. The van der Waals surface area contributed by atoms with Gasteiger partial charge in [0.1, 0.15) is 0 Å². The highest BCUT2D eigenvalue weighted by Crippen LogP contribution is 2.21. The molecule has 0 bridgehead atoms. The Bertz CT molecular complexity index is 591. The standard InChI is InChI=1S/C12H19N3O4S2/c1-2-15-5-3-9(4-6-15)7-14-21(18,19)12-10(11(16)17)13-8-20-12/h8-9,14H,2-7H2,1H3,(H,16,17). The van der Waals surface area contributed by atoms with Crippen LogP contribution < -0.4 is 4.72 Å². The molecule has 0 atom stereocenters. The number of nitrogens with one attached hydrogen (secondary N) is 1. The van der Waals surface area contributed by atoms with E-state index >= 15 is 0 Å². The number of hydrogen-bond donors (Lipinski definition) is 2. The number of aromatic carboxylic acids is 1. The molecule has 1 fully saturated rings. The zero-order chi connectivity index (χ0) is 15.5. The molecular weight excluding hydrogens is 314 g/mol. The molecule has 118 valence electrons. The first-order valence-electron chi connectivity index (χ1n) is 6.83. The van der Waals surface area contributed by atoms with Crippen molar-refractivity contribution in [2.75, 3.05) is 26.2 Å². The summed E-state index contributed by atoms with van der Waals surface area (Å²) in [4.78, 5) is 16.9. The molecule has 0 unspecified atom stereocenters. The van der Waals surface area contributed by atoms with Crippen molar-refractivity contribution in [2.24, 2.45) is 5.92 Å². The van der Waals surface area contributed by atoms with Gasteiger partial charge in [0.2, 0.25) is 0 Å². The zero-order valence-corrected chi connectivity index (χ0v) is 13.4. The molecule has 2 heterocycles. The summed E-state index contributed by atoms with van der Waals surface area (Å²) in [5.74, 6) is -1.03. The van der Waals surface area contributed by atoms with Crippen molar-refractivity contribution >= 4 is 27.3 Å². The van der Waals surface area contributed by atoms with Gasteiger partial charge < -0.3 is 10.0 Å². The van der Waals surface area contributed by atoms with Crippen molar-refractivity contribution in [1.82, 2.24) is 14.6 Å². The van der Waals surface area contributed by atoms with E-state index in [-0.39, 0.29) is 4.21 Å².